The highest BCUT2D eigenvalue weighted by atomic mass is 127. The normalized spacial score (nSPS) is 14.8. The summed E-state index contributed by atoms with van der Waals surface area (Å²) >= 11 is 0. The molecule has 0 saturated carbocycles. The van der Waals surface area contributed by atoms with Gasteiger partial charge in [-0.15, -0.1) is 24.0 Å². The van der Waals surface area contributed by atoms with Crippen LogP contribution in [0.25, 0.3) is 0 Å². The maximum Gasteiger partial charge on any atom is 0.242 e. The van der Waals surface area contributed by atoms with E-state index >= 15 is 0 Å². The first-order valence-electron chi connectivity index (χ1n) is 10.2. The van der Waals surface area contributed by atoms with E-state index in [1.807, 2.05) is 24.3 Å². The molecular weight excluding hydrogens is 541 g/mol. The fourth-order valence-electron chi connectivity index (χ4n) is 3.57. The molecule has 0 radical (unpaired) electrons. The largest absolute Gasteiger partial charge is 0.497 e. The van der Waals surface area contributed by atoms with E-state index < -0.39 is 10.0 Å². The van der Waals surface area contributed by atoms with Crippen molar-refractivity contribution < 1.29 is 13.2 Å². The van der Waals surface area contributed by atoms with Crippen molar-refractivity contribution >= 4 is 45.6 Å². The quantitative estimate of drug-likeness (QED) is 0.325. The van der Waals surface area contributed by atoms with E-state index in [-0.39, 0.29) is 24.0 Å². The van der Waals surface area contributed by atoms with Crippen LogP contribution >= 0.6 is 24.0 Å². The molecule has 0 unspecified atom stereocenters. The molecular formula is C22H32IN5O3S. The minimum absolute atomic E-state index is 0. The van der Waals surface area contributed by atoms with Crippen LogP contribution in [0.4, 0.5) is 5.69 Å². The van der Waals surface area contributed by atoms with Gasteiger partial charge in [0.25, 0.3) is 0 Å². The number of halogens is 1. The van der Waals surface area contributed by atoms with Gasteiger partial charge < -0.3 is 19.9 Å². The lowest BCUT2D eigenvalue weighted by Crippen LogP contribution is -2.52. The van der Waals surface area contributed by atoms with Crippen LogP contribution in [-0.2, 0) is 16.6 Å². The fraction of sp³-hybridized carbons (Fsp3) is 0.409. The summed E-state index contributed by atoms with van der Waals surface area (Å²) in [5.74, 6) is 1.62. The molecule has 1 saturated heterocycles. The van der Waals surface area contributed by atoms with E-state index in [2.05, 4.69) is 32.2 Å². The van der Waals surface area contributed by atoms with Gasteiger partial charge in [-0.05, 0) is 35.9 Å². The molecule has 0 aromatic heterocycles. The zero-order valence-corrected chi connectivity index (χ0v) is 22.1. The van der Waals surface area contributed by atoms with Gasteiger partial charge in [0.2, 0.25) is 10.0 Å². The average Bonchev–Trinajstić information content (AvgIpc) is 2.80. The van der Waals surface area contributed by atoms with Gasteiger partial charge in [0.05, 0.1) is 12.0 Å². The zero-order chi connectivity index (χ0) is 22.4. The molecule has 176 valence electrons. The van der Waals surface area contributed by atoms with Gasteiger partial charge in [-0.2, -0.15) is 0 Å². The first kappa shape index (κ1) is 26.2. The van der Waals surface area contributed by atoms with Crippen molar-refractivity contribution in [3.63, 3.8) is 0 Å². The summed E-state index contributed by atoms with van der Waals surface area (Å²) in [5, 5.41) is 3.33. The van der Waals surface area contributed by atoms with Crippen molar-refractivity contribution in [3.8, 4) is 5.75 Å². The SMILES string of the molecule is CN=C(NCc1ccccc1S(=O)(=O)N(C)C)N1CCN(c2ccc(OC)cc2)CC1.I. The third-order valence-electron chi connectivity index (χ3n) is 5.40. The summed E-state index contributed by atoms with van der Waals surface area (Å²) in [4.78, 5) is 9.26. The molecule has 0 aliphatic carbocycles. The summed E-state index contributed by atoms with van der Waals surface area (Å²) in [6.07, 6.45) is 0. The van der Waals surface area contributed by atoms with E-state index in [4.69, 9.17) is 4.74 Å². The van der Waals surface area contributed by atoms with Gasteiger partial charge in [-0.3, -0.25) is 4.99 Å². The summed E-state index contributed by atoms with van der Waals surface area (Å²) in [5.41, 5.74) is 1.89. The Morgan fingerprint density at radius 1 is 1.06 bits per heavy atom. The van der Waals surface area contributed by atoms with Crippen molar-refractivity contribution in [1.82, 2.24) is 14.5 Å². The summed E-state index contributed by atoms with van der Waals surface area (Å²) < 4.78 is 31.7. The average molecular weight is 574 g/mol. The number of hydrogen-bond acceptors (Lipinski definition) is 5. The summed E-state index contributed by atoms with van der Waals surface area (Å²) in [7, 11) is 3.00. The van der Waals surface area contributed by atoms with Crippen molar-refractivity contribution in [2.75, 3.05) is 59.3 Å². The minimum atomic E-state index is -3.51. The molecule has 3 rings (SSSR count). The number of ether oxygens (including phenoxy) is 1. The number of piperazine rings is 1. The van der Waals surface area contributed by atoms with Crippen LogP contribution in [0.2, 0.25) is 0 Å². The number of methoxy groups -OCH3 is 1. The molecule has 1 N–H and O–H groups in total. The van der Waals surface area contributed by atoms with Crippen molar-refractivity contribution in [2.45, 2.75) is 11.4 Å². The first-order valence-corrected chi connectivity index (χ1v) is 11.7. The standard InChI is InChI=1S/C22H31N5O3S.HI/c1-23-22(24-17-18-7-5-6-8-21(18)31(28,29)25(2)3)27-15-13-26(14-16-27)19-9-11-20(30-4)12-10-19;/h5-12H,13-17H2,1-4H3,(H,23,24);1H. The lowest BCUT2D eigenvalue weighted by Gasteiger charge is -2.37. The molecule has 0 spiro atoms. The molecule has 1 heterocycles. The van der Waals surface area contributed by atoms with E-state index in [0.29, 0.717) is 17.0 Å². The Labute approximate surface area is 208 Å². The highest BCUT2D eigenvalue weighted by Gasteiger charge is 2.23. The zero-order valence-electron chi connectivity index (χ0n) is 19.0. The Bertz CT molecular complexity index is 1000. The van der Waals surface area contributed by atoms with Crippen LogP contribution in [0.1, 0.15) is 5.56 Å². The fourth-order valence-corrected chi connectivity index (χ4v) is 4.69. The monoisotopic (exact) mass is 573 g/mol. The smallest absolute Gasteiger partial charge is 0.242 e. The number of aliphatic imine (C=N–C) groups is 1. The number of anilines is 1. The van der Waals surface area contributed by atoms with Gasteiger partial charge in [0.15, 0.2) is 5.96 Å². The van der Waals surface area contributed by atoms with E-state index in [9.17, 15) is 8.42 Å². The Morgan fingerprint density at radius 2 is 1.69 bits per heavy atom. The molecule has 2 aromatic rings. The topological polar surface area (TPSA) is 77.5 Å². The number of nitrogens with zero attached hydrogens (tertiary/aromatic N) is 4. The highest BCUT2D eigenvalue weighted by Crippen LogP contribution is 2.21. The third-order valence-corrected chi connectivity index (χ3v) is 7.31. The molecule has 2 aromatic carbocycles. The number of sulfonamides is 1. The minimum Gasteiger partial charge on any atom is -0.497 e. The van der Waals surface area contributed by atoms with E-state index in [1.165, 1.54) is 9.99 Å². The molecule has 1 aliphatic heterocycles. The first-order chi connectivity index (χ1) is 14.9. The molecule has 0 bridgehead atoms. The predicted octanol–water partition coefficient (Wildman–Crippen LogP) is 2.46. The number of nitrogens with one attached hydrogen (secondary N) is 1. The maximum absolute atomic E-state index is 12.6. The van der Waals surface area contributed by atoms with Crippen LogP contribution in [0.15, 0.2) is 58.4 Å². The Kier molecular flexibility index (Phi) is 9.59. The van der Waals surface area contributed by atoms with Crippen LogP contribution in [0.5, 0.6) is 5.75 Å². The Hall–Kier alpha value is -2.05. The second-order valence-electron chi connectivity index (χ2n) is 7.47. The van der Waals surface area contributed by atoms with Gasteiger partial charge in [0.1, 0.15) is 5.75 Å². The Balaban J connectivity index is 0.00000363. The summed E-state index contributed by atoms with van der Waals surface area (Å²) in [6, 6.07) is 15.2. The lowest BCUT2D eigenvalue weighted by atomic mass is 10.2. The van der Waals surface area contributed by atoms with Crippen LogP contribution in [0, 0.1) is 0 Å². The Morgan fingerprint density at radius 3 is 2.25 bits per heavy atom. The lowest BCUT2D eigenvalue weighted by molar-refractivity contribution is 0.372. The molecule has 1 aliphatic rings. The molecule has 32 heavy (non-hydrogen) atoms. The van der Waals surface area contributed by atoms with Gasteiger partial charge in [-0.25, -0.2) is 12.7 Å². The van der Waals surface area contributed by atoms with Gasteiger partial charge in [-0.1, -0.05) is 18.2 Å². The van der Waals surface area contributed by atoms with E-state index in [1.54, 1.807) is 40.4 Å². The van der Waals surface area contributed by atoms with Crippen molar-refractivity contribution in [3.05, 3.63) is 54.1 Å². The molecule has 0 atom stereocenters. The second kappa shape index (κ2) is 11.7. The number of hydrogen-bond donors (Lipinski definition) is 1. The van der Waals surface area contributed by atoms with Crippen molar-refractivity contribution in [2.24, 2.45) is 4.99 Å². The number of benzene rings is 2. The van der Waals surface area contributed by atoms with Crippen LogP contribution in [-0.4, -0.2) is 78.0 Å². The second-order valence-corrected chi connectivity index (χ2v) is 9.59. The number of rotatable bonds is 6. The third kappa shape index (κ3) is 6.04. The van der Waals surface area contributed by atoms with Crippen LogP contribution in [0.3, 0.4) is 0 Å². The molecule has 8 nitrogen and oxygen atoms in total. The molecule has 1 fully saturated rings. The predicted molar refractivity (Wildman–Crippen MR) is 140 cm³/mol. The van der Waals surface area contributed by atoms with E-state index in [0.717, 1.165) is 37.9 Å². The molecule has 0 amide bonds. The summed E-state index contributed by atoms with van der Waals surface area (Å²) in [6.45, 7) is 3.78. The highest BCUT2D eigenvalue weighted by molar-refractivity contribution is 14.0. The van der Waals surface area contributed by atoms with Crippen molar-refractivity contribution in [1.29, 1.82) is 0 Å². The number of guanidine groups is 1. The molecule has 10 heteroatoms. The van der Waals surface area contributed by atoms with Gasteiger partial charge >= 0.3 is 0 Å². The van der Waals surface area contributed by atoms with Crippen LogP contribution < -0.4 is 15.0 Å². The van der Waals surface area contributed by atoms with Gasteiger partial charge in [0, 0.05) is 59.6 Å². The maximum atomic E-state index is 12.6.